The molecule has 268 valence electrons. The summed E-state index contributed by atoms with van der Waals surface area (Å²) in [6.07, 6.45) is 12.3. The lowest BCUT2D eigenvalue weighted by atomic mass is 10.2. The van der Waals surface area contributed by atoms with Crippen LogP contribution in [0.25, 0.3) is 0 Å². The van der Waals surface area contributed by atoms with E-state index in [0.717, 1.165) is 0 Å². The van der Waals surface area contributed by atoms with Gasteiger partial charge in [-0.1, -0.05) is 247 Å². The number of unbranched alkanes of at least 4 members (excludes halogenated alkanes) is 6. The van der Waals surface area contributed by atoms with E-state index in [2.05, 4.69) is 78.8 Å². The van der Waals surface area contributed by atoms with Crippen LogP contribution in [-0.4, -0.2) is 0 Å². The van der Waals surface area contributed by atoms with E-state index in [0.29, 0.717) is 0 Å². The Labute approximate surface area is 282 Å². The lowest BCUT2D eigenvalue weighted by molar-refractivity contribution is 0.702. The van der Waals surface area contributed by atoms with Crippen molar-refractivity contribution in [3.8, 4) is 0 Å². The Balaban J connectivity index is -0.00000000290. The van der Waals surface area contributed by atoms with Crippen LogP contribution in [-0.2, 0) is 0 Å². The maximum Gasteiger partial charge on any atom is 0 e. The Kier molecular flexibility index (Phi) is 2780. The molecule has 0 aliphatic rings. The molecule has 0 heterocycles. The zero-order valence-corrected chi connectivity index (χ0v) is 19.4. The van der Waals surface area contributed by atoms with Gasteiger partial charge in [0.15, 0.2) is 0 Å². The molecule has 0 unspecified atom stereocenters. The molecule has 0 N–H and O–H groups in total. The SMILES string of the molecule is C.C.C.C.C.C.C.C.C.C.C.C.C.C.C.C.C.C.CC.CCCC.CCCCC.CCCCCC.II. The highest BCUT2D eigenvalue weighted by atomic mass is 128. The molecule has 0 amide bonds. The molecule has 0 aliphatic carbocycles. The van der Waals surface area contributed by atoms with E-state index in [4.69, 9.17) is 0 Å². The molecule has 0 atom stereocenters. The fraction of sp³-hybridized carbons (Fsp3) is 1.00. The van der Waals surface area contributed by atoms with E-state index in [1.165, 1.54) is 57.8 Å². The van der Waals surface area contributed by atoms with Gasteiger partial charge in [-0.05, 0) is 0 Å². The maximum absolute atomic E-state index is 2.23. The van der Waals surface area contributed by atoms with Gasteiger partial charge in [-0.2, -0.15) is 0 Å². The zero-order valence-electron chi connectivity index (χ0n) is 15.1. The van der Waals surface area contributed by atoms with Gasteiger partial charge in [-0.25, -0.2) is 0 Å². The summed E-state index contributed by atoms with van der Waals surface area (Å²) < 4.78 is 0. The minimum atomic E-state index is 0. The van der Waals surface area contributed by atoms with Gasteiger partial charge in [-0.15, -0.1) is 0 Å². The predicted molar refractivity (Wildman–Crippen MR) is 236 cm³/mol. The first-order valence-corrected chi connectivity index (χ1v) is 14.7. The molecule has 0 saturated carbocycles. The van der Waals surface area contributed by atoms with Crippen molar-refractivity contribution in [3.05, 3.63) is 0 Å². The van der Waals surface area contributed by atoms with Gasteiger partial charge < -0.3 is 0 Å². The van der Waals surface area contributed by atoms with Crippen LogP contribution in [0.15, 0.2) is 0 Å². The van der Waals surface area contributed by atoms with Gasteiger partial charge in [0, 0.05) is 37.2 Å². The zero-order chi connectivity index (χ0) is 16.4. The van der Waals surface area contributed by atoms with Crippen molar-refractivity contribution in [1.82, 2.24) is 0 Å². The van der Waals surface area contributed by atoms with Crippen molar-refractivity contribution < 1.29 is 0 Å². The van der Waals surface area contributed by atoms with Crippen LogP contribution in [0.1, 0.15) is 247 Å². The van der Waals surface area contributed by atoms with Gasteiger partial charge in [0.2, 0.25) is 0 Å². The third-order valence-electron chi connectivity index (χ3n) is 2.16. The van der Waals surface area contributed by atoms with E-state index in [-0.39, 0.29) is 134 Å². The summed E-state index contributed by atoms with van der Waals surface area (Å²) in [5.74, 6) is 0. The average molecular weight is 789 g/mol. The van der Waals surface area contributed by atoms with E-state index in [1.54, 1.807) is 0 Å². The normalized spacial score (nSPS) is 3.73. The summed E-state index contributed by atoms with van der Waals surface area (Å²) in [4.78, 5) is 0. The highest BCUT2D eigenvalue weighted by Gasteiger charge is 1.75. The molecule has 0 aromatic heterocycles. The Morgan fingerprint density at radius 3 is 0.378 bits per heavy atom. The van der Waals surface area contributed by atoms with Crippen LogP contribution in [0.2, 0.25) is 0 Å². The van der Waals surface area contributed by atoms with Gasteiger partial charge in [0.1, 0.15) is 0 Å². The van der Waals surface area contributed by atoms with Crippen molar-refractivity contribution in [2.24, 2.45) is 0 Å². The third kappa shape index (κ3) is 846. The lowest BCUT2D eigenvalue weighted by Gasteiger charge is -1.86. The molecule has 0 spiro atoms. The van der Waals surface area contributed by atoms with Crippen molar-refractivity contribution >= 4 is 37.2 Å². The molecule has 37 heavy (non-hydrogen) atoms. The quantitative estimate of drug-likeness (QED) is 0.186. The predicted octanol–water partition coefficient (Wildman–Crippen LogP) is 20.8. The van der Waals surface area contributed by atoms with Crippen LogP contribution in [0.5, 0.6) is 0 Å². The number of hydrogen-bond acceptors (Lipinski definition) is 0. The van der Waals surface area contributed by atoms with E-state index in [9.17, 15) is 0 Å². The molecule has 0 saturated heterocycles. The van der Waals surface area contributed by atoms with E-state index < -0.39 is 0 Å². The molecular weight excluding hydrogens is 674 g/mol. The van der Waals surface area contributed by atoms with Crippen LogP contribution < -0.4 is 0 Å². The second-order valence-electron chi connectivity index (χ2n) is 4.06. The summed E-state index contributed by atoms with van der Waals surface area (Å²) in [6, 6.07) is 0. The van der Waals surface area contributed by atoms with Gasteiger partial charge in [0.05, 0.1) is 0 Å². The minimum Gasteiger partial charge on any atom is -0.0776 e. The van der Waals surface area contributed by atoms with Gasteiger partial charge in [-0.3, -0.25) is 0 Å². The highest BCUT2D eigenvalue weighted by Crippen LogP contribution is 1.95. The second kappa shape index (κ2) is 455. The molecule has 0 aliphatic heterocycles. The lowest BCUT2D eigenvalue weighted by Crippen LogP contribution is -1.66. The first-order chi connectivity index (χ1) is 9.24. The summed E-state index contributed by atoms with van der Waals surface area (Å²) in [6.45, 7) is 17.2. The van der Waals surface area contributed by atoms with Crippen molar-refractivity contribution in [1.29, 1.82) is 0 Å². The summed E-state index contributed by atoms with van der Waals surface area (Å²) >= 11 is 4.24. The Morgan fingerprint density at radius 2 is 0.351 bits per heavy atom. The standard InChI is InChI=1S/C6H14.C5H12.C4H10.C2H6.18CH4.I2/c1-3-5-6-4-2;1-3-5-4-2;1-3-4-2;1-2;;;;;;;;;;;;;;;;;;;1-2/h3-6H2,1-2H3;3-5H2,1-2H3;3-4H2,1-2H3;1-2H3;18*1H4;. The third-order valence-corrected chi connectivity index (χ3v) is 2.16. The molecule has 0 bridgehead atoms. The Bertz CT molecular complexity index is 60.3. The number of hydrogen-bond donors (Lipinski definition) is 0. The van der Waals surface area contributed by atoms with Crippen LogP contribution in [0.4, 0.5) is 0 Å². The number of rotatable bonds is 6. The first kappa shape index (κ1) is 226. The fourth-order valence-electron chi connectivity index (χ4n) is 0.854. The average Bonchev–Trinajstić information content (AvgIpc) is 2.51. The molecule has 0 fully saturated rings. The molecule has 0 radical (unpaired) electrons. The molecule has 0 aromatic rings. The first-order valence-electron chi connectivity index (χ1n) is 8.39. The number of halogens is 2. The Morgan fingerprint density at radius 1 is 0.243 bits per heavy atom. The smallest absolute Gasteiger partial charge is 0 e. The molecule has 0 nitrogen and oxygen atoms in total. The topological polar surface area (TPSA) is 0 Å². The van der Waals surface area contributed by atoms with E-state index in [1.807, 2.05) is 13.8 Å². The van der Waals surface area contributed by atoms with Gasteiger partial charge >= 0.3 is 0 Å². The molecule has 0 rings (SSSR count). The molecule has 2 heteroatoms. The second-order valence-corrected chi connectivity index (χ2v) is 4.06. The van der Waals surface area contributed by atoms with Crippen LogP contribution >= 0.6 is 37.2 Å². The van der Waals surface area contributed by atoms with Gasteiger partial charge in [0.25, 0.3) is 0 Å². The maximum atomic E-state index is 2.23. The molecule has 0 aromatic carbocycles. The monoisotopic (exact) mass is 789 g/mol. The van der Waals surface area contributed by atoms with Crippen molar-refractivity contribution in [3.63, 3.8) is 0 Å². The van der Waals surface area contributed by atoms with Crippen LogP contribution in [0, 0.1) is 0 Å². The van der Waals surface area contributed by atoms with Crippen molar-refractivity contribution in [2.75, 3.05) is 0 Å². The summed E-state index contributed by atoms with van der Waals surface area (Å²) in [5, 5.41) is 0. The van der Waals surface area contributed by atoms with E-state index >= 15 is 0 Å². The fourth-order valence-corrected chi connectivity index (χ4v) is 0.854. The highest BCUT2D eigenvalue weighted by molar-refractivity contribution is 15.0. The van der Waals surface area contributed by atoms with Crippen molar-refractivity contribution in [2.45, 2.75) is 247 Å². The summed E-state index contributed by atoms with van der Waals surface area (Å²) in [5.41, 5.74) is 0. The largest absolute Gasteiger partial charge is 0.0776 e. The summed E-state index contributed by atoms with van der Waals surface area (Å²) in [7, 11) is 0. The minimum absolute atomic E-state index is 0. The molecular formula is C35H114I2. The Hall–Kier alpha value is 1.46. The van der Waals surface area contributed by atoms with Crippen LogP contribution in [0.3, 0.4) is 0 Å².